The lowest BCUT2D eigenvalue weighted by Crippen LogP contribution is -2.00. The summed E-state index contributed by atoms with van der Waals surface area (Å²) in [4.78, 5) is 0.576. The fourth-order valence-electron chi connectivity index (χ4n) is 1.59. The molecule has 2 aromatic rings. The van der Waals surface area contributed by atoms with Crippen molar-refractivity contribution in [3.8, 4) is 0 Å². The Balaban J connectivity index is 2.19. The Morgan fingerprint density at radius 3 is 2.94 bits per heavy atom. The highest BCUT2D eigenvalue weighted by atomic mass is 35.5. The van der Waals surface area contributed by atoms with E-state index >= 15 is 0 Å². The van der Waals surface area contributed by atoms with E-state index in [1.165, 1.54) is 0 Å². The van der Waals surface area contributed by atoms with Gasteiger partial charge in [0.25, 0.3) is 0 Å². The third-order valence-corrected chi connectivity index (χ3v) is 4.20. The molecule has 6 heteroatoms. The first-order valence-corrected chi connectivity index (χ1v) is 7.24. The van der Waals surface area contributed by atoms with E-state index in [1.54, 1.807) is 29.1 Å². The molecular formula is C12H14ClN3OS. The van der Waals surface area contributed by atoms with E-state index in [4.69, 9.17) is 17.3 Å². The molecule has 0 aliphatic rings. The number of aryl methyl sites for hydroxylation is 1. The van der Waals surface area contributed by atoms with Gasteiger partial charge in [-0.2, -0.15) is 5.10 Å². The van der Waals surface area contributed by atoms with Gasteiger partial charge >= 0.3 is 0 Å². The second-order valence-electron chi connectivity index (χ2n) is 3.88. The van der Waals surface area contributed by atoms with Gasteiger partial charge in [-0.15, -0.1) is 0 Å². The Morgan fingerprint density at radius 1 is 1.50 bits per heavy atom. The molecule has 4 nitrogen and oxygen atoms in total. The van der Waals surface area contributed by atoms with Gasteiger partial charge in [0, 0.05) is 29.0 Å². The fourth-order valence-corrected chi connectivity index (χ4v) is 3.02. The molecule has 0 aliphatic heterocycles. The minimum Gasteiger partial charge on any atom is -0.398 e. The molecule has 0 saturated carbocycles. The summed E-state index contributed by atoms with van der Waals surface area (Å²) in [7, 11) is -1.21. The summed E-state index contributed by atoms with van der Waals surface area (Å²) in [5.41, 5.74) is 7.23. The lowest BCUT2D eigenvalue weighted by atomic mass is 10.3. The van der Waals surface area contributed by atoms with Gasteiger partial charge < -0.3 is 5.73 Å². The first-order valence-electron chi connectivity index (χ1n) is 5.55. The number of anilines is 1. The average Bonchev–Trinajstić information content (AvgIpc) is 2.80. The van der Waals surface area contributed by atoms with Crippen molar-refractivity contribution in [3.63, 3.8) is 0 Å². The number of hydrogen-bond acceptors (Lipinski definition) is 3. The highest BCUT2D eigenvalue weighted by Gasteiger charge is 2.10. The molecule has 1 aromatic carbocycles. The van der Waals surface area contributed by atoms with Crippen LogP contribution in [0.1, 0.15) is 12.5 Å². The van der Waals surface area contributed by atoms with Crippen LogP contribution in [-0.2, 0) is 23.1 Å². The molecule has 0 bridgehead atoms. The topological polar surface area (TPSA) is 60.9 Å². The van der Waals surface area contributed by atoms with Gasteiger partial charge in [0.15, 0.2) is 0 Å². The van der Waals surface area contributed by atoms with Gasteiger partial charge in [0.1, 0.15) is 0 Å². The van der Waals surface area contributed by atoms with Gasteiger partial charge in [-0.1, -0.05) is 11.6 Å². The predicted molar refractivity (Wildman–Crippen MR) is 73.9 cm³/mol. The maximum absolute atomic E-state index is 12.2. The van der Waals surface area contributed by atoms with E-state index in [-0.39, 0.29) is 0 Å². The van der Waals surface area contributed by atoms with E-state index < -0.39 is 10.8 Å². The van der Waals surface area contributed by atoms with Crippen LogP contribution in [0.4, 0.5) is 5.69 Å². The zero-order valence-corrected chi connectivity index (χ0v) is 11.5. The van der Waals surface area contributed by atoms with Crippen LogP contribution in [0.15, 0.2) is 35.5 Å². The molecule has 0 spiro atoms. The highest BCUT2D eigenvalue weighted by Crippen LogP contribution is 2.23. The van der Waals surface area contributed by atoms with Gasteiger partial charge in [0.05, 0.1) is 27.6 Å². The first-order chi connectivity index (χ1) is 8.60. The Kier molecular flexibility index (Phi) is 4.04. The van der Waals surface area contributed by atoms with Crippen molar-refractivity contribution in [3.05, 3.63) is 41.2 Å². The second-order valence-corrected chi connectivity index (χ2v) is 5.73. The number of halogens is 1. The van der Waals surface area contributed by atoms with Gasteiger partial charge in [-0.3, -0.25) is 8.89 Å². The van der Waals surface area contributed by atoms with E-state index in [9.17, 15) is 4.21 Å². The van der Waals surface area contributed by atoms with Crippen molar-refractivity contribution >= 4 is 28.1 Å². The van der Waals surface area contributed by atoms with Gasteiger partial charge in [-0.25, -0.2) is 0 Å². The quantitative estimate of drug-likeness (QED) is 0.877. The van der Waals surface area contributed by atoms with Crippen LogP contribution in [0.2, 0.25) is 5.02 Å². The zero-order valence-electron chi connectivity index (χ0n) is 9.97. The molecular weight excluding hydrogens is 270 g/mol. The number of aromatic nitrogens is 2. The maximum atomic E-state index is 12.2. The molecule has 0 radical (unpaired) electrons. The molecule has 0 fully saturated rings. The summed E-state index contributed by atoms with van der Waals surface area (Å²) >= 11 is 5.88. The molecule has 1 atom stereocenters. The van der Waals surface area contributed by atoms with Crippen LogP contribution < -0.4 is 5.73 Å². The minimum atomic E-state index is -1.21. The monoisotopic (exact) mass is 283 g/mol. The standard InChI is InChI=1S/C12H14ClN3OS/c1-2-16-7-9(6-15-16)8-18(17)12-5-10(13)3-4-11(12)14/h3-7H,2,8,14H2,1H3. The van der Waals surface area contributed by atoms with Gasteiger partial charge in [-0.05, 0) is 25.1 Å². The summed E-state index contributed by atoms with van der Waals surface area (Å²) in [5.74, 6) is 0.393. The Labute approximate surface area is 113 Å². The molecule has 2 N–H and O–H groups in total. The first kappa shape index (κ1) is 13.1. The SMILES string of the molecule is CCn1cc(CS(=O)c2cc(Cl)ccc2N)cn1. The summed E-state index contributed by atoms with van der Waals surface area (Å²) in [6, 6.07) is 5.01. The smallest absolute Gasteiger partial charge is 0.0635 e. The molecule has 0 aliphatic carbocycles. The fraction of sp³-hybridized carbons (Fsp3) is 0.250. The maximum Gasteiger partial charge on any atom is 0.0635 e. The molecule has 18 heavy (non-hydrogen) atoms. The summed E-state index contributed by atoms with van der Waals surface area (Å²) < 4.78 is 14.0. The zero-order chi connectivity index (χ0) is 13.1. The molecule has 1 aromatic heterocycles. The van der Waals surface area contributed by atoms with Gasteiger partial charge in [0.2, 0.25) is 0 Å². The number of nitrogens with two attached hydrogens (primary N) is 1. The van der Waals surface area contributed by atoms with Crippen molar-refractivity contribution in [2.45, 2.75) is 24.1 Å². The molecule has 1 heterocycles. The van der Waals surface area contributed by atoms with Crippen LogP contribution in [0.25, 0.3) is 0 Å². The largest absolute Gasteiger partial charge is 0.398 e. The number of benzene rings is 1. The van der Waals surface area contributed by atoms with Crippen LogP contribution in [0.5, 0.6) is 0 Å². The lowest BCUT2D eigenvalue weighted by molar-refractivity contribution is 0.659. The van der Waals surface area contributed by atoms with Crippen LogP contribution in [0.3, 0.4) is 0 Å². The second kappa shape index (κ2) is 5.54. The van der Waals surface area contributed by atoms with E-state index in [0.29, 0.717) is 21.4 Å². The predicted octanol–water partition coefficient (Wildman–Crippen LogP) is 2.45. The van der Waals surface area contributed by atoms with Crippen molar-refractivity contribution in [2.24, 2.45) is 0 Å². The molecule has 0 saturated heterocycles. The molecule has 1 unspecified atom stereocenters. The normalized spacial score (nSPS) is 12.6. The van der Waals surface area contributed by atoms with E-state index in [2.05, 4.69) is 5.10 Å². The van der Waals surface area contributed by atoms with Crippen molar-refractivity contribution in [2.75, 3.05) is 5.73 Å². The highest BCUT2D eigenvalue weighted by molar-refractivity contribution is 7.84. The Bertz CT molecular complexity index is 582. The van der Waals surface area contributed by atoms with E-state index in [0.717, 1.165) is 12.1 Å². The number of nitrogens with zero attached hydrogens (tertiary/aromatic N) is 2. The minimum absolute atomic E-state index is 0.393. The van der Waals surface area contributed by atoms with Crippen LogP contribution >= 0.6 is 11.6 Å². The molecule has 0 amide bonds. The summed E-state index contributed by atoms with van der Waals surface area (Å²) in [5, 5.41) is 4.69. The van der Waals surface area contributed by atoms with Crippen LogP contribution in [0, 0.1) is 0 Å². The van der Waals surface area contributed by atoms with Crippen molar-refractivity contribution in [1.29, 1.82) is 0 Å². The lowest BCUT2D eigenvalue weighted by Gasteiger charge is -2.05. The van der Waals surface area contributed by atoms with Crippen LogP contribution in [-0.4, -0.2) is 14.0 Å². The number of rotatable bonds is 4. The van der Waals surface area contributed by atoms with E-state index in [1.807, 2.05) is 13.1 Å². The number of nitrogen functional groups attached to an aromatic ring is 1. The molecule has 2 rings (SSSR count). The number of hydrogen-bond donors (Lipinski definition) is 1. The third kappa shape index (κ3) is 2.91. The summed E-state index contributed by atoms with van der Waals surface area (Å²) in [6.07, 6.45) is 3.61. The Morgan fingerprint density at radius 2 is 2.28 bits per heavy atom. The third-order valence-electron chi connectivity index (χ3n) is 2.53. The van der Waals surface area contributed by atoms with Crippen molar-refractivity contribution in [1.82, 2.24) is 9.78 Å². The summed E-state index contributed by atoms with van der Waals surface area (Å²) in [6.45, 7) is 2.80. The molecule has 96 valence electrons. The Hall–Kier alpha value is -1.33. The average molecular weight is 284 g/mol. The van der Waals surface area contributed by atoms with Crippen molar-refractivity contribution < 1.29 is 4.21 Å².